The molecule has 2 fully saturated rings. The maximum Gasteiger partial charge on any atom is 0.475 e. The van der Waals surface area contributed by atoms with Crippen LogP contribution >= 0.6 is 7.82 Å². The summed E-state index contributed by atoms with van der Waals surface area (Å²) in [5.41, 5.74) is -3.81. The lowest BCUT2D eigenvalue weighted by Gasteiger charge is -2.25. The topological polar surface area (TPSA) is 166 Å². The van der Waals surface area contributed by atoms with E-state index in [1.165, 1.54) is 16.8 Å². The summed E-state index contributed by atoms with van der Waals surface area (Å²) in [6, 6.07) is 1.17. The van der Waals surface area contributed by atoms with Gasteiger partial charge in [-0.2, -0.15) is 0 Å². The van der Waals surface area contributed by atoms with Gasteiger partial charge in [0.2, 0.25) is 6.79 Å². The summed E-state index contributed by atoms with van der Waals surface area (Å²) in [6.07, 6.45) is 0.438. The molecule has 1 aromatic heterocycles. The standard InChI is InChI=1S/C17H25N2O10P/c1-9(2)14(21)26-8-28-30(24,25)27-7-11-16(4)17(11,23)10(3)13(29-16)19-6-5-12(20)18-15(19)22/h5-6,9-11,13,23H,7-8H2,1-4H3,(H,24,25)(H,18,20,22). The zero-order chi connectivity index (χ0) is 22.5. The second-order valence-electron chi connectivity index (χ2n) is 7.93. The number of nitrogens with zero attached hydrogens (tertiary/aromatic N) is 1. The van der Waals surface area contributed by atoms with E-state index in [0.29, 0.717) is 0 Å². The van der Waals surface area contributed by atoms with Crippen molar-refractivity contribution in [3.05, 3.63) is 33.1 Å². The maximum atomic E-state index is 12.0. The van der Waals surface area contributed by atoms with Crippen LogP contribution < -0.4 is 11.2 Å². The van der Waals surface area contributed by atoms with Crippen LogP contribution in [0.2, 0.25) is 0 Å². The smallest absolute Gasteiger partial charge is 0.438 e. The number of rotatable bonds is 8. The highest BCUT2D eigenvalue weighted by Crippen LogP contribution is 2.69. The molecule has 6 unspecified atom stereocenters. The number of phosphoric ester groups is 1. The van der Waals surface area contributed by atoms with Gasteiger partial charge in [-0.3, -0.25) is 23.7 Å². The molecular formula is C17H25N2O10P. The minimum Gasteiger partial charge on any atom is -0.438 e. The highest BCUT2D eigenvalue weighted by atomic mass is 31.2. The van der Waals surface area contributed by atoms with Gasteiger partial charge < -0.3 is 19.5 Å². The van der Waals surface area contributed by atoms with E-state index in [1.54, 1.807) is 27.7 Å². The van der Waals surface area contributed by atoms with Gasteiger partial charge in [0.1, 0.15) is 17.4 Å². The lowest BCUT2D eigenvalue weighted by molar-refractivity contribution is -0.154. The molecule has 0 aromatic carbocycles. The number of phosphoric acid groups is 1. The molecule has 1 aliphatic heterocycles. The van der Waals surface area contributed by atoms with Gasteiger partial charge in [0.25, 0.3) is 5.56 Å². The molecule has 0 amide bonds. The van der Waals surface area contributed by atoms with Crippen LogP contribution in [0.1, 0.15) is 33.9 Å². The van der Waals surface area contributed by atoms with Gasteiger partial charge in [0, 0.05) is 24.1 Å². The van der Waals surface area contributed by atoms with Crippen molar-refractivity contribution < 1.29 is 37.9 Å². The number of fused-ring (bicyclic) bond motifs is 1. The summed E-state index contributed by atoms with van der Waals surface area (Å²) >= 11 is 0. The normalized spacial score (nSPS) is 34.4. The molecule has 0 spiro atoms. The van der Waals surface area contributed by atoms with E-state index in [-0.39, 0.29) is 6.61 Å². The first-order valence-electron chi connectivity index (χ1n) is 9.33. The molecule has 13 heteroatoms. The van der Waals surface area contributed by atoms with Crippen LogP contribution in [-0.2, 0) is 27.9 Å². The number of nitrogens with one attached hydrogen (secondary N) is 1. The van der Waals surface area contributed by atoms with E-state index in [2.05, 4.69) is 14.2 Å². The first kappa shape index (κ1) is 22.9. The third-order valence-electron chi connectivity index (χ3n) is 5.81. The molecule has 1 aliphatic carbocycles. The molecule has 2 heterocycles. The van der Waals surface area contributed by atoms with Crippen molar-refractivity contribution in [1.29, 1.82) is 0 Å². The Balaban J connectivity index is 1.60. The molecule has 168 valence electrons. The maximum absolute atomic E-state index is 12.0. The largest absolute Gasteiger partial charge is 0.475 e. The Morgan fingerprint density at radius 1 is 1.40 bits per heavy atom. The number of carbonyl (C=O) groups is 1. The molecule has 3 N–H and O–H groups in total. The SMILES string of the molecule is CC(C)C(=O)OCOP(=O)(O)OCC1C2(C)OC(n3ccc(=O)[nH]c3=O)C(C)C12O. The Hall–Kier alpha value is -1.82. The molecule has 6 atom stereocenters. The number of esters is 1. The summed E-state index contributed by atoms with van der Waals surface area (Å²) in [6.45, 7) is 5.34. The molecule has 30 heavy (non-hydrogen) atoms. The minimum atomic E-state index is -4.54. The van der Waals surface area contributed by atoms with Crippen LogP contribution in [0.4, 0.5) is 0 Å². The van der Waals surface area contributed by atoms with Gasteiger partial charge >= 0.3 is 19.5 Å². The number of hydrogen-bond acceptors (Lipinski definition) is 9. The molecular weight excluding hydrogens is 423 g/mol. The van der Waals surface area contributed by atoms with Crippen LogP contribution in [0.15, 0.2) is 21.9 Å². The van der Waals surface area contributed by atoms with Gasteiger partial charge in [0.15, 0.2) is 0 Å². The number of ether oxygens (including phenoxy) is 2. The number of aromatic amines is 1. The van der Waals surface area contributed by atoms with Crippen LogP contribution in [0.5, 0.6) is 0 Å². The molecule has 1 saturated carbocycles. The number of H-pyrrole nitrogens is 1. The quantitative estimate of drug-likeness (QED) is 0.282. The lowest BCUT2D eigenvalue weighted by Crippen LogP contribution is -2.37. The van der Waals surface area contributed by atoms with Crippen LogP contribution in [0.25, 0.3) is 0 Å². The van der Waals surface area contributed by atoms with Crippen LogP contribution in [0, 0.1) is 17.8 Å². The summed E-state index contributed by atoms with van der Waals surface area (Å²) in [5, 5.41) is 11.1. The third kappa shape index (κ3) is 3.79. The molecule has 0 radical (unpaired) electrons. The van der Waals surface area contributed by atoms with Crippen molar-refractivity contribution in [3.8, 4) is 0 Å². The van der Waals surface area contributed by atoms with E-state index in [9.17, 15) is 28.9 Å². The van der Waals surface area contributed by atoms with Crippen molar-refractivity contribution in [2.24, 2.45) is 17.8 Å². The van der Waals surface area contributed by atoms with Crippen molar-refractivity contribution in [3.63, 3.8) is 0 Å². The van der Waals surface area contributed by atoms with E-state index < -0.39 is 67.0 Å². The highest BCUT2D eigenvalue weighted by Gasteiger charge is 2.83. The van der Waals surface area contributed by atoms with Crippen molar-refractivity contribution in [2.45, 2.75) is 45.1 Å². The first-order valence-corrected chi connectivity index (χ1v) is 10.8. The molecule has 12 nitrogen and oxygen atoms in total. The summed E-state index contributed by atoms with van der Waals surface area (Å²) < 4.78 is 33.3. The fourth-order valence-electron chi connectivity index (χ4n) is 3.94. The van der Waals surface area contributed by atoms with Crippen molar-refractivity contribution in [2.75, 3.05) is 13.4 Å². The Labute approximate surface area is 171 Å². The zero-order valence-corrected chi connectivity index (χ0v) is 17.8. The van der Waals surface area contributed by atoms with Crippen molar-refractivity contribution in [1.82, 2.24) is 9.55 Å². The Kier molecular flexibility index (Phi) is 5.87. The fraction of sp³-hybridized carbons (Fsp3) is 0.706. The van der Waals surface area contributed by atoms with Gasteiger partial charge in [-0.05, 0) is 6.92 Å². The monoisotopic (exact) mass is 448 g/mol. The number of aliphatic hydroxyl groups is 1. The first-order chi connectivity index (χ1) is 13.8. The fourth-order valence-corrected chi connectivity index (χ4v) is 4.54. The average molecular weight is 448 g/mol. The molecule has 0 bridgehead atoms. The van der Waals surface area contributed by atoms with E-state index in [0.717, 1.165) is 0 Å². The summed E-state index contributed by atoms with van der Waals surface area (Å²) in [7, 11) is -4.54. The predicted octanol–water partition coefficient (Wildman–Crippen LogP) is 0.111. The Morgan fingerprint density at radius 2 is 2.07 bits per heavy atom. The van der Waals surface area contributed by atoms with E-state index in [1.807, 2.05) is 0 Å². The Bertz CT molecular complexity index is 989. The zero-order valence-electron chi connectivity index (χ0n) is 16.9. The third-order valence-corrected chi connectivity index (χ3v) is 6.72. The van der Waals surface area contributed by atoms with E-state index >= 15 is 0 Å². The number of carbonyl (C=O) groups excluding carboxylic acids is 1. The minimum absolute atomic E-state index is 0.365. The predicted molar refractivity (Wildman–Crippen MR) is 100 cm³/mol. The second kappa shape index (κ2) is 7.70. The number of hydrogen-bond donors (Lipinski definition) is 3. The van der Waals surface area contributed by atoms with Gasteiger partial charge in [-0.25, -0.2) is 13.9 Å². The van der Waals surface area contributed by atoms with Gasteiger partial charge in [-0.1, -0.05) is 20.8 Å². The molecule has 2 aliphatic rings. The van der Waals surface area contributed by atoms with Crippen LogP contribution in [-0.4, -0.2) is 50.1 Å². The van der Waals surface area contributed by atoms with Gasteiger partial charge in [-0.15, -0.1) is 0 Å². The summed E-state index contributed by atoms with van der Waals surface area (Å²) in [4.78, 5) is 46.5. The summed E-state index contributed by atoms with van der Waals surface area (Å²) in [5.74, 6) is -2.28. The molecule has 1 saturated heterocycles. The average Bonchev–Trinajstić information content (AvgIpc) is 3.03. The second-order valence-corrected chi connectivity index (χ2v) is 9.38. The van der Waals surface area contributed by atoms with Gasteiger partial charge in [0.05, 0.1) is 12.5 Å². The van der Waals surface area contributed by atoms with Crippen LogP contribution in [0.3, 0.4) is 0 Å². The number of aromatic nitrogens is 2. The lowest BCUT2D eigenvalue weighted by atomic mass is 9.98. The molecule has 3 rings (SSSR count). The molecule has 1 aromatic rings. The van der Waals surface area contributed by atoms with E-state index in [4.69, 9.17) is 9.26 Å². The van der Waals surface area contributed by atoms with Crippen molar-refractivity contribution >= 4 is 13.8 Å². The Morgan fingerprint density at radius 3 is 2.60 bits per heavy atom. The highest BCUT2D eigenvalue weighted by molar-refractivity contribution is 7.47.